The molecule has 1 aliphatic heterocycles. The summed E-state index contributed by atoms with van der Waals surface area (Å²) in [4.78, 5) is 22.6. The van der Waals surface area contributed by atoms with Crippen LogP contribution in [0.3, 0.4) is 0 Å². The molecule has 7 nitrogen and oxygen atoms in total. The van der Waals surface area contributed by atoms with E-state index in [-0.39, 0.29) is 22.9 Å². The number of benzene rings is 1. The molecule has 1 aliphatic carbocycles. The van der Waals surface area contributed by atoms with E-state index >= 15 is 0 Å². The zero-order valence-corrected chi connectivity index (χ0v) is 13.3. The molecule has 8 heteroatoms. The van der Waals surface area contributed by atoms with E-state index in [1.54, 1.807) is 0 Å². The topological polar surface area (TPSA) is 112 Å². The standard InChI is InChI=1S/C15H17NO6S/c1-9-7-11(4-5-12(9)13(17)18)23(21,22)16-6-2-3-10-8-15(10,16)14(19)20/h4-5,7,10H,2-3,6,8H2,1H3,(H,17,18)(H,19,20)/t10-,15+/m1/s1. The van der Waals surface area contributed by atoms with Crippen LogP contribution in [-0.4, -0.2) is 47.0 Å². The van der Waals surface area contributed by atoms with Crippen molar-refractivity contribution in [2.45, 2.75) is 36.6 Å². The lowest BCUT2D eigenvalue weighted by Crippen LogP contribution is -2.51. The second-order valence-electron chi connectivity index (χ2n) is 6.13. The molecule has 3 rings (SSSR count). The minimum Gasteiger partial charge on any atom is -0.480 e. The number of aryl methyl sites for hydroxylation is 1. The number of carboxylic acid groups (broad SMARTS) is 2. The van der Waals surface area contributed by atoms with Gasteiger partial charge in [0, 0.05) is 6.54 Å². The summed E-state index contributed by atoms with van der Waals surface area (Å²) in [6.07, 6.45) is 1.69. The molecular weight excluding hydrogens is 322 g/mol. The van der Waals surface area contributed by atoms with Crippen LogP contribution < -0.4 is 0 Å². The molecule has 0 aromatic heterocycles. The summed E-state index contributed by atoms with van der Waals surface area (Å²) in [6.45, 7) is 1.69. The van der Waals surface area contributed by atoms with Crippen molar-refractivity contribution in [1.29, 1.82) is 0 Å². The van der Waals surface area contributed by atoms with Crippen LogP contribution in [0, 0.1) is 12.8 Å². The molecule has 1 saturated carbocycles. The molecule has 1 aromatic rings. The Kier molecular flexibility index (Phi) is 3.49. The van der Waals surface area contributed by atoms with Crippen LogP contribution in [0.1, 0.15) is 35.2 Å². The van der Waals surface area contributed by atoms with Crippen molar-refractivity contribution < 1.29 is 28.2 Å². The predicted molar refractivity (Wildman–Crippen MR) is 79.7 cm³/mol. The van der Waals surface area contributed by atoms with E-state index in [4.69, 9.17) is 5.11 Å². The Bertz CT molecular complexity index is 802. The van der Waals surface area contributed by atoms with Gasteiger partial charge in [-0.1, -0.05) is 0 Å². The molecule has 2 atom stereocenters. The fraction of sp³-hybridized carbons (Fsp3) is 0.467. The summed E-state index contributed by atoms with van der Waals surface area (Å²) in [5.74, 6) is -2.37. The van der Waals surface area contributed by atoms with Gasteiger partial charge in [0.1, 0.15) is 5.54 Å². The third kappa shape index (κ3) is 2.24. The number of carbonyl (C=O) groups is 2. The van der Waals surface area contributed by atoms with Crippen LogP contribution in [0.2, 0.25) is 0 Å². The second kappa shape index (κ2) is 5.04. The normalized spacial score (nSPS) is 27.3. The van der Waals surface area contributed by atoms with Crippen molar-refractivity contribution in [3.63, 3.8) is 0 Å². The maximum absolute atomic E-state index is 12.9. The Morgan fingerprint density at radius 1 is 1.30 bits per heavy atom. The van der Waals surface area contributed by atoms with E-state index in [1.165, 1.54) is 25.1 Å². The Balaban J connectivity index is 2.03. The van der Waals surface area contributed by atoms with Gasteiger partial charge >= 0.3 is 11.9 Å². The zero-order chi connectivity index (χ0) is 17.0. The summed E-state index contributed by atoms with van der Waals surface area (Å²) in [7, 11) is -3.98. The van der Waals surface area contributed by atoms with Gasteiger partial charge < -0.3 is 10.2 Å². The fourth-order valence-corrected chi connectivity index (χ4v) is 5.43. The highest BCUT2D eigenvalue weighted by Gasteiger charge is 2.68. The third-order valence-corrected chi connectivity index (χ3v) is 6.76. The van der Waals surface area contributed by atoms with E-state index < -0.39 is 27.5 Å². The van der Waals surface area contributed by atoms with Crippen LogP contribution in [-0.2, 0) is 14.8 Å². The van der Waals surface area contributed by atoms with E-state index in [0.717, 1.165) is 10.7 Å². The number of hydrogen-bond donors (Lipinski definition) is 2. The van der Waals surface area contributed by atoms with Crippen molar-refractivity contribution >= 4 is 22.0 Å². The molecule has 0 unspecified atom stereocenters. The van der Waals surface area contributed by atoms with Gasteiger partial charge in [0.15, 0.2) is 0 Å². The molecule has 1 aromatic carbocycles. The van der Waals surface area contributed by atoms with Crippen molar-refractivity contribution in [3.8, 4) is 0 Å². The Morgan fingerprint density at radius 3 is 2.57 bits per heavy atom. The maximum atomic E-state index is 12.9. The van der Waals surface area contributed by atoms with Crippen molar-refractivity contribution in [2.75, 3.05) is 6.54 Å². The SMILES string of the molecule is Cc1cc(S(=O)(=O)N2CCC[C@@H]3C[C@@]32C(=O)O)ccc1C(=O)O. The molecule has 124 valence electrons. The monoisotopic (exact) mass is 339 g/mol. The summed E-state index contributed by atoms with van der Waals surface area (Å²) in [5, 5.41) is 18.5. The van der Waals surface area contributed by atoms with Gasteiger partial charge in [-0.15, -0.1) is 0 Å². The number of rotatable bonds is 4. The smallest absolute Gasteiger partial charge is 0.335 e. The lowest BCUT2D eigenvalue weighted by molar-refractivity contribution is -0.144. The molecular formula is C15H17NO6S. The lowest BCUT2D eigenvalue weighted by atomic mass is 10.1. The molecule has 0 amide bonds. The molecule has 0 bridgehead atoms. The first-order valence-corrected chi connectivity index (χ1v) is 8.75. The highest BCUT2D eigenvalue weighted by Crippen LogP contribution is 2.55. The van der Waals surface area contributed by atoms with Gasteiger partial charge in [-0.2, -0.15) is 4.31 Å². The molecule has 0 spiro atoms. The molecule has 2 N–H and O–H groups in total. The van der Waals surface area contributed by atoms with Gasteiger partial charge in [0.05, 0.1) is 10.5 Å². The number of hydrogen-bond acceptors (Lipinski definition) is 4. The molecule has 1 heterocycles. The number of aliphatic carboxylic acids is 1. The van der Waals surface area contributed by atoms with E-state index in [0.29, 0.717) is 18.4 Å². The number of fused-ring (bicyclic) bond motifs is 1. The van der Waals surface area contributed by atoms with Crippen LogP contribution in [0.25, 0.3) is 0 Å². The Labute approximate surface area is 133 Å². The first kappa shape index (κ1) is 15.9. The van der Waals surface area contributed by atoms with Gasteiger partial charge in [0.2, 0.25) is 10.0 Å². The van der Waals surface area contributed by atoms with E-state index in [1.807, 2.05) is 0 Å². The van der Waals surface area contributed by atoms with E-state index in [9.17, 15) is 23.1 Å². The largest absolute Gasteiger partial charge is 0.480 e. The Hall–Kier alpha value is -1.93. The van der Waals surface area contributed by atoms with Gasteiger partial charge in [-0.05, 0) is 55.9 Å². The average molecular weight is 339 g/mol. The summed E-state index contributed by atoms with van der Waals surface area (Å²) in [6, 6.07) is 3.76. The number of sulfonamides is 1. The quantitative estimate of drug-likeness (QED) is 0.855. The summed E-state index contributed by atoms with van der Waals surface area (Å²) < 4.78 is 26.9. The third-order valence-electron chi connectivity index (χ3n) is 4.82. The number of piperidine rings is 1. The lowest BCUT2D eigenvalue weighted by Gasteiger charge is -2.32. The number of nitrogens with zero attached hydrogens (tertiary/aromatic N) is 1. The highest BCUT2D eigenvalue weighted by molar-refractivity contribution is 7.89. The van der Waals surface area contributed by atoms with Crippen molar-refractivity contribution in [1.82, 2.24) is 4.31 Å². The average Bonchev–Trinajstić information content (AvgIpc) is 3.22. The summed E-state index contributed by atoms with van der Waals surface area (Å²) in [5.41, 5.74) is -0.969. The van der Waals surface area contributed by atoms with Crippen LogP contribution >= 0.6 is 0 Å². The first-order valence-electron chi connectivity index (χ1n) is 7.31. The van der Waals surface area contributed by atoms with Crippen LogP contribution in [0.15, 0.2) is 23.1 Å². The van der Waals surface area contributed by atoms with Gasteiger partial charge in [-0.25, -0.2) is 13.2 Å². The van der Waals surface area contributed by atoms with E-state index in [2.05, 4.69) is 0 Å². The van der Waals surface area contributed by atoms with Crippen molar-refractivity contribution in [2.24, 2.45) is 5.92 Å². The Morgan fingerprint density at radius 2 is 2.00 bits per heavy atom. The minimum absolute atomic E-state index is 0.0276. The zero-order valence-electron chi connectivity index (χ0n) is 12.5. The predicted octanol–water partition coefficient (Wildman–Crippen LogP) is 1.32. The minimum atomic E-state index is -3.98. The van der Waals surface area contributed by atoms with Crippen LogP contribution in [0.5, 0.6) is 0 Å². The second-order valence-corrected chi connectivity index (χ2v) is 7.99. The maximum Gasteiger partial charge on any atom is 0.335 e. The summed E-state index contributed by atoms with van der Waals surface area (Å²) >= 11 is 0. The number of carboxylic acids is 2. The fourth-order valence-electron chi connectivity index (χ4n) is 3.51. The molecule has 23 heavy (non-hydrogen) atoms. The number of aromatic carboxylic acids is 1. The van der Waals surface area contributed by atoms with Gasteiger partial charge in [0.25, 0.3) is 0 Å². The van der Waals surface area contributed by atoms with Crippen LogP contribution in [0.4, 0.5) is 0 Å². The molecule has 2 aliphatic rings. The van der Waals surface area contributed by atoms with Crippen molar-refractivity contribution in [3.05, 3.63) is 29.3 Å². The van der Waals surface area contributed by atoms with Gasteiger partial charge in [-0.3, -0.25) is 4.79 Å². The highest BCUT2D eigenvalue weighted by atomic mass is 32.2. The first-order chi connectivity index (χ1) is 10.7. The molecule has 1 saturated heterocycles. The molecule has 2 fully saturated rings. The molecule has 0 radical (unpaired) electrons.